The Bertz CT molecular complexity index is 509. The number of unbranched alkanes of at least 4 members (excludes halogenated alkanes) is 1. The SMILES string of the molecule is CCCCC(C(=O)N1CCCCC1)c1ccc(OC)c(OC)c1. The number of methoxy groups -OCH3 is 2. The number of piperidine rings is 1. The van der Waals surface area contributed by atoms with Gasteiger partial charge in [0.25, 0.3) is 0 Å². The van der Waals surface area contributed by atoms with Crippen molar-refractivity contribution in [1.29, 1.82) is 0 Å². The fourth-order valence-electron chi connectivity index (χ4n) is 3.25. The minimum Gasteiger partial charge on any atom is -0.493 e. The van der Waals surface area contributed by atoms with Crippen molar-refractivity contribution < 1.29 is 14.3 Å². The van der Waals surface area contributed by atoms with Gasteiger partial charge in [-0.1, -0.05) is 25.8 Å². The molecule has 0 spiro atoms. The van der Waals surface area contributed by atoms with Gasteiger partial charge in [0.2, 0.25) is 5.91 Å². The van der Waals surface area contributed by atoms with Gasteiger partial charge in [-0.05, 0) is 43.4 Å². The van der Waals surface area contributed by atoms with E-state index in [-0.39, 0.29) is 11.8 Å². The Kier molecular flexibility index (Phi) is 6.75. The van der Waals surface area contributed by atoms with E-state index in [4.69, 9.17) is 9.47 Å². The van der Waals surface area contributed by atoms with Gasteiger partial charge >= 0.3 is 0 Å². The quantitative estimate of drug-likeness (QED) is 0.763. The molecule has 1 saturated heterocycles. The van der Waals surface area contributed by atoms with Gasteiger partial charge < -0.3 is 14.4 Å². The number of rotatable bonds is 7. The first-order valence-corrected chi connectivity index (χ1v) is 8.72. The van der Waals surface area contributed by atoms with Crippen LogP contribution in [0.2, 0.25) is 0 Å². The molecule has 1 unspecified atom stereocenters. The predicted molar refractivity (Wildman–Crippen MR) is 92.2 cm³/mol. The summed E-state index contributed by atoms with van der Waals surface area (Å²) >= 11 is 0. The fraction of sp³-hybridized carbons (Fsp3) is 0.632. The lowest BCUT2D eigenvalue weighted by Gasteiger charge is -2.31. The maximum atomic E-state index is 13.0. The van der Waals surface area contributed by atoms with Gasteiger partial charge in [-0.25, -0.2) is 0 Å². The lowest BCUT2D eigenvalue weighted by Crippen LogP contribution is -2.38. The lowest BCUT2D eigenvalue weighted by molar-refractivity contribution is -0.133. The molecule has 23 heavy (non-hydrogen) atoms. The van der Waals surface area contributed by atoms with E-state index < -0.39 is 0 Å². The summed E-state index contributed by atoms with van der Waals surface area (Å²) in [5.41, 5.74) is 1.03. The Hall–Kier alpha value is -1.71. The average Bonchev–Trinajstić information content (AvgIpc) is 2.62. The molecule has 1 heterocycles. The summed E-state index contributed by atoms with van der Waals surface area (Å²) in [6.07, 6.45) is 6.52. The topological polar surface area (TPSA) is 38.8 Å². The third-order valence-corrected chi connectivity index (χ3v) is 4.62. The number of carbonyl (C=O) groups is 1. The van der Waals surface area contributed by atoms with Crippen LogP contribution in [0.4, 0.5) is 0 Å². The van der Waals surface area contributed by atoms with Crippen LogP contribution < -0.4 is 9.47 Å². The Balaban J connectivity index is 2.24. The lowest BCUT2D eigenvalue weighted by atomic mass is 9.91. The van der Waals surface area contributed by atoms with Crippen LogP contribution in [0, 0.1) is 0 Å². The molecule has 1 amide bonds. The zero-order valence-electron chi connectivity index (χ0n) is 14.6. The van der Waals surface area contributed by atoms with E-state index in [0.29, 0.717) is 11.5 Å². The van der Waals surface area contributed by atoms with Crippen LogP contribution in [0.5, 0.6) is 11.5 Å². The molecule has 4 nitrogen and oxygen atoms in total. The van der Waals surface area contributed by atoms with E-state index in [1.165, 1.54) is 6.42 Å². The first kappa shape index (κ1) is 17.6. The molecule has 0 N–H and O–H groups in total. The zero-order chi connectivity index (χ0) is 16.7. The van der Waals surface area contributed by atoms with Crippen LogP contribution in [-0.4, -0.2) is 38.1 Å². The second kappa shape index (κ2) is 8.80. The van der Waals surface area contributed by atoms with Gasteiger partial charge in [0.05, 0.1) is 20.1 Å². The third kappa shape index (κ3) is 4.40. The van der Waals surface area contributed by atoms with Gasteiger partial charge in [0, 0.05) is 13.1 Å². The van der Waals surface area contributed by atoms with E-state index in [9.17, 15) is 4.79 Å². The molecule has 4 heteroatoms. The van der Waals surface area contributed by atoms with E-state index >= 15 is 0 Å². The van der Waals surface area contributed by atoms with Crippen molar-refractivity contribution in [3.05, 3.63) is 23.8 Å². The number of carbonyl (C=O) groups excluding carboxylic acids is 1. The van der Waals surface area contributed by atoms with Gasteiger partial charge in [-0.3, -0.25) is 4.79 Å². The summed E-state index contributed by atoms with van der Waals surface area (Å²) in [7, 11) is 3.26. The van der Waals surface area contributed by atoms with Crippen molar-refractivity contribution in [3.8, 4) is 11.5 Å². The molecule has 128 valence electrons. The number of nitrogens with zero attached hydrogens (tertiary/aromatic N) is 1. The maximum Gasteiger partial charge on any atom is 0.230 e. The smallest absolute Gasteiger partial charge is 0.230 e. The monoisotopic (exact) mass is 319 g/mol. The minimum absolute atomic E-state index is 0.0761. The van der Waals surface area contributed by atoms with E-state index in [1.807, 2.05) is 23.1 Å². The molecular weight excluding hydrogens is 290 g/mol. The number of ether oxygens (including phenoxy) is 2. The average molecular weight is 319 g/mol. The van der Waals surface area contributed by atoms with Crippen molar-refractivity contribution in [2.45, 2.75) is 51.4 Å². The minimum atomic E-state index is -0.0761. The van der Waals surface area contributed by atoms with Crippen LogP contribution in [0.3, 0.4) is 0 Å². The van der Waals surface area contributed by atoms with Crippen molar-refractivity contribution in [2.75, 3.05) is 27.3 Å². The molecule has 0 bridgehead atoms. The second-order valence-electron chi connectivity index (χ2n) is 6.20. The van der Waals surface area contributed by atoms with Gasteiger partial charge in [0.15, 0.2) is 11.5 Å². The maximum absolute atomic E-state index is 13.0. The fourth-order valence-corrected chi connectivity index (χ4v) is 3.25. The molecule has 1 aliphatic heterocycles. The molecule has 1 aliphatic rings. The Morgan fingerprint density at radius 1 is 1.13 bits per heavy atom. The highest BCUT2D eigenvalue weighted by atomic mass is 16.5. The van der Waals surface area contributed by atoms with E-state index in [2.05, 4.69) is 6.92 Å². The Labute approximate surface area is 139 Å². The summed E-state index contributed by atoms with van der Waals surface area (Å²) in [6, 6.07) is 5.86. The molecule has 0 saturated carbocycles. The van der Waals surface area contributed by atoms with Gasteiger partial charge in [-0.15, -0.1) is 0 Å². The molecular formula is C19H29NO3. The van der Waals surface area contributed by atoms with Crippen molar-refractivity contribution in [1.82, 2.24) is 4.90 Å². The summed E-state index contributed by atoms with van der Waals surface area (Å²) in [5.74, 6) is 1.59. The highest BCUT2D eigenvalue weighted by molar-refractivity contribution is 5.84. The van der Waals surface area contributed by atoms with Crippen LogP contribution >= 0.6 is 0 Å². The Morgan fingerprint density at radius 3 is 2.43 bits per heavy atom. The summed E-state index contributed by atoms with van der Waals surface area (Å²) in [6.45, 7) is 3.96. The van der Waals surface area contributed by atoms with Crippen LogP contribution in [-0.2, 0) is 4.79 Å². The first-order chi connectivity index (χ1) is 11.2. The van der Waals surface area contributed by atoms with Crippen molar-refractivity contribution in [3.63, 3.8) is 0 Å². The number of benzene rings is 1. The molecule has 0 radical (unpaired) electrons. The number of likely N-dealkylation sites (tertiary alicyclic amines) is 1. The highest BCUT2D eigenvalue weighted by Gasteiger charge is 2.27. The number of hydrogen-bond donors (Lipinski definition) is 0. The van der Waals surface area contributed by atoms with Gasteiger partial charge in [0.1, 0.15) is 0 Å². The summed E-state index contributed by atoms with van der Waals surface area (Å²) in [5, 5.41) is 0. The number of amides is 1. The zero-order valence-corrected chi connectivity index (χ0v) is 14.6. The normalized spacial score (nSPS) is 16.0. The molecule has 1 aromatic carbocycles. The summed E-state index contributed by atoms with van der Waals surface area (Å²) < 4.78 is 10.7. The van der Waals surface area contributed by atoms with Gasteiger partial charge in [-0.2, -0.15) is 0 Å². The third-order valence-electron chi connectivity index (χ3n) is 4.62. The summed E-state index contributed by atoms with van der Waals surface area (Å²) in [4.78, 5) is 15.1. The second-order valence-corrected chi connectivity index (χ2v) is 6.20. The molecule has 0 aromatic heterocycles. The first-order valence-electron chi connectivity index (χ1n) is 8.72. The predicted octanol–water partition coefficient (Wildman–Crippen LogP) is 3.99. The molecule has 1 atom stereocenters. The van der Waals surface area contributed by atoms with Crippen molar-refractivity contribution in [2.24, 2.45) is 0 Å². The van der Waals surface area contributed by atoms with Crippen LogP contribution in [0.15, 0.2) is 18.2 Å². The molecule has 0 aliphatic carbocycles. The largest absolute Gasteiger partial charge is 0.493 e. The number of hydrogen-bond acceptors (Lipinski definition) is 3. The van der Waals surface area contributed by atoms with E-state index in [0.717, 1.165) is 50.8 Å². The van der Waals surface area contributed by atoms with Crippen molar-refractivity contribution >= 4 is 5.91 Å². The Morgan fingerprint density at radius 2 is 1.83 bits per heavy atom. The molecule has 1 fully saturated rings. The van der Waals surface area contributed by atoms with Crippen LogP contribution in [0.1, 0.15) is 56.9 Å². The molecule has 1 aromatic rings. The van der Waals surface area contributed by atoms with Crippen LogP contribution in [0.25, 0.3) is 0 Å². The highest BCUT2D eigenvalue weighted by Crippen LogP contribution is 2.33. The standard InChI is InChI=1S/C19H29NO3/c1-4-5-9-16(19(21)20-12-7-6-8-13-20)15-10-11-17(22-2)18(14-15)23-3/h10-11,14,16H,4-9,12-13H2,1-3H3. The van der Waals surface area contributed by atoms with E-state index in [1.54, 1.807) is 14.2 Å². The molecule has 2 rings (SSSR count).